The monoisotopic (exact) mass is 316 g/mol. The molecule has 0 bridgehead atoms. The number of methoxy groups -OCH3 is 2. The number of carbonyl (C=O) groups is 1. The molecule has 6 nitrogen and oxygen atoms in total. The average molecular weight is 316 g/mol. The molecule has 1 unspecified atom stereocenters. The highest BCUT2D eigenvalue weighted by Gasteiger charge is 2.15. The van der Waals surface area contributed by atoms with Crippen LogP contribution in [-0.2, 0) is 11.3 Å². The van der Waals surface area contributed by atoms with Crippen LogP contribution in [-0.4, -0.2) is 24.7 Å². The van der Waals surface area contributed by atoms with E-state index in [-0.39, 0.29) is 24.1 Å². The summed E-state index contributed by atoms with van der Waals surface area (Å²) in [5.41, 5.74) is 0.624. The third-order valence-electron chi connectivity index (χ3n) is 3.50. The molecule has 1 N–H and O–H groups in total. The van der Waals surface area contributed by atoms with E-state index in [1.165, 1.54) is 10.6 Å². The van der Waals surface area contributed by atoms with Gasteiger partial charge in [-0.25, -0.2) is 0 Å². The first kappa shape index (κ1) is 16.6. The minimum absolute atomic E-state index is 0.0253. The van der Waals surface area contributed by atoms with E-state index in [0.717, 1.165) is 5.56 Å². The molecule has 0 saturated heterocycles. The minimum atomic E-state index is -0.261. The van der Waals surface area contributed by atoms with E-state index in [2.05, 4.69) is 5.32 Å². The topological polar surface area (TPSA) is 69.6 Å². The lowest BCUT2D eigenvalue weighted by Gasteiger charge is -2.18. The van der Waals surface area contributed by atoms with Crippen molar-refractivity contribution in [1.82, 2.24) is 9.88 Å². The van der Waals surface area contributed by atoms with Crippen molar-refractivity contribution in [3.63, 3.8) is 0 Å². The van der Waals surface area contributed by atoms with E-state index >= 15 is 0 Å². The first-order valence-corrected chi connectivity index (χ1v) is 7.22. The van der Waals surface area contributed by atoms with Gasteiger partial charge in [0.05, 0.1) is 20.3 Å². The van der Waals surface area contributed by atoms with E-state index < -0.39 is 0 Å². The maximum Gasteiger partial charge on any atom is 0.250 e. The predicted molar refractivity (Wildman–Crippen MR) is 86.8 cm³/mol. The minimum Gasteiger partial charge on any atom is -0.497 e. The lowest BCUT2D eigenvalue weighted by Crippen LogP contribution is -2.33. The van der Waals surface area contributed by atoms with Gasteiger partial charge in [-0.3, -0.25) is 9.59 Å². The summed E-state index contributed by atoms with van der Waals surface area (Å²) < 4.78 is 11.9. The van der Waals surface area contributed by atoms with E-state index in [4.69, 9.17) is 9.47 Å². The molecule has 1 heterocycles. The fourth-order valence-electron chi connectivity index (χ4n) is 2.29. The number of carbonyl (C=O) groups excluding carboxylic acids is 1. The Balaban J connectivity index is 2.09. The number of nitrogens with zero attached hydrogens (tertiary/aromatic N) is 1. The molecule has 23 heavy (non-hydrogen) atoms. The van der Waals surface area contributed by atoms with E-state index in [9.17, 15) is 9.59 Å². The van der Waals surface area contributed by atoms with Crippen LogP contribution in [0.1, 0.15) is 18.5 Å². The van der Waals surface area contributed by atoms with Crippen LogP contribution in [0.25, 0.3) is 0 Å². The zero-order valence-corrected chi connectivity index (χ0v) is 13.4. The maximum absolute atomic E-state index is 12.1. The van der Waals surface area contributed by atoms with E-state index in [1.54, 1.807) is 38.6 Å². The number of rotatable bonds is 6. The molecule has 0 aliphatic rings. The van der Waals surface area contributed by atoms with Crippen molar-refractivity contribution in [3.8, 4) is 11.5 Å². The summed E-state index contributed by atoms with van der Waals surface area (Å²) in [5, 5.41) is 2.86. The molecule has 2 rings (SSSR count). The number of pyridine rings is 1. The van der Waals surface area contributed by atoms with Gasteiger partial charge in [0.2, 0.25) is 5.91 Å². The van der Waals surface area contributed by atoms with Crippen LogP contribution in [0, 0.1) is 0 Å². The first-order chi connectivity index (χ1) is 11.0. The Morgan fingerprint density at radius 3 is 2.65 bits per heavy atom. The molecule has 0 saturated carbocycles. The molecule has 0 radical (unpaired) electrons. The molecule has 6 heteroatoms. The van der Waals surface area contributed by atoms with Gasteiger partial charge in [-0.05, 0) is 25.1 Å². The maximum atomic E-state index is 12.1. The highest BCUT2D eigenvalue weighted by molar-refractivity contribution is 5.76. The summed E-state index contributed by atoms with van der Waals surface area (Å²) in [4.78, 5) is 23.8. The molecule has 1 amide bonds. The third-order valence-corrected chi connectivity index (χ3v) is 3.50. The van der Waals surface area contributed by atoms with Gasteiger partial charge in [-0.1, -0.05) is 6.07 Å². The zero-order valence-electron chi connectivity index (χ0n) is 13.4. The van der Waals surface area contributed by atoms with Gasteiger partial charge in [0.15, 0.2) is 0 Å². The van der Waals surface area contributed by atoms with Gasteiger partial charge in [-0.2, -0.15) is 0 Å². The van der Waals surface area contributed by atoms with Crippen LogP contribution in [0.5, 0.6) is 11.5 Å². The lowest BCUT2D eigenvalue weighted by atomic mass is 10.1. The Hall–Kier alpha value is -2.76. The number of hydrogen-bond acceptors (Lipinski definition) is 4. The van der Waals surface area contributed by atoms with Crippen LogP contribution >= 0.6 is 0 Å². The van der Waals surface area contributed by atoms with E-state index in [1.807, 2.05) is 19.1 Å². The largest absolute Gasteiger partial charge is 0.497 e. The summed E-state index contributed by atoms with van der Waals surface area (Å²) in [6, 6.07) is 9.93. The molecule has 0 aliphatic carbocycles. The normalized spacial score (nSPS) is 11.6. The number of ether oxygens (including phenoxy) is 2. The fraction of sp³-hybridized carbons (Fsp3) is 0.294. The van der Waals surface area contributed by atoms with Gasteiger partial charge in [-0.15, -0.1) is 0 Å². The number of aromatic nitrogens is 1. The molecular formula is C17H20N2O4. The summed E-state index contributed by atoms with van der Waals surface area (Å²) in [6.07, 6.45) is 1.58. The highest BCUT2D eigenvalue weighted by Crippen LogP contribution is 2.29. The second-order valence-corrected chi connectivity index (χ2v) is 5.06. The van der Waals surface area contributed by atoms with Crippen molar-refractivity contribution in [2.45, 2.75) is 19.5 Å². The number of amides is 1. The molecule has 2 aromatic rings. The summed E-state index contributed by atoms with van der Waals surface area (Å²) in [7, 11) is 3.15. The molecular weight excluding hydrogens is 296 g/mol. The summed E-state index contributed by atoms with van der Waals surface area (Å²) in [5.74, 6) is 1.07. The van der Waals surface area contributed by atoms with Crippen LogP contribution in [0.15, 0.2) is 47.4 Å². The number of benzene rings is 1. The number of hydrogen-bond donors (Lipinski definition) is 1. The van der Waals surface area contributed by atoms with Gasteiger partial charge in [0.1, 0.15) is 18.0 Å². The fourth-order valence-corrected chi connectivity index (χ4v) is 2.29. The first-order valence-electron chi connectivity index (χ1n) is 7.22. The molecule has 1 aromatic carbocycles. The van der Waals surface area contributed by atoms with Crippen molar-refractivity contribution in [2.24, 2.45) is 0 Å². The standard InChI is InChI=1S/C17H20N2O4/c1-12(14-8-7-13(22-2)10-15(14)23-3)18-16(20)11-19-9-5-4-6-17(19)21/h4-10,12H,11H2,1-3H3,(H,18,20). The van der Waals surface area contributed by atoms with Crippen LogP contribution in [0.2, 0.25) is 0 Å². The van der Waals surface area contributed by atoms with Crippen LogP contribution in [0.3, 0.4) is 0 Å². The molecule has 0 aliphatic heterocycles. The third kappa shape index (κ3) is 4.12. The smallest absolute Gasteiger partial charge is 0.250 e. The molecule has 0 fully saturated rings. The van der Waals surface area contributed by atoms with Crippen molar-refractivity contribution >= 4 is 5.91 Å². The summed E-state index contributed by atoms with van der Waals surface area (Å²) >= 11 is 0. The SMILES string of the molecule is COc1ccc(C(C)NC(=O)Cn2ccccc2=O)c(OC)c1. The van der Waals surface area contributed by atoms with Gasteiger partial charge in [0, 0.05) is 23.9 Å². The Kier molecular flexibility index (Phi) is 5.41. The Bertz CT molecular complexity index is 739. The predicted octanol–water partition coefficient (Wildman–Crippen LogP) is 1.74. The molecule has 1 atom stereocenters. The van der Waals surface area contributed by atoms with Crippen molar-refractivity contribution < 1.29 is 14.3 Å². The molecule has 122 valence electrons. The van der Waals surface area contributed by atoms with Crippen molar-refractivity contribution in [2.75, 3.05) is 14.2 Å². The van der Waals surface area contributed by atoms with Gasteiger partial charge in [0.25, 0.3) is 5.56 Å². The Morgan fingerprint density at radius 2 is 2.00 bits per heavy atom. The second-order valence-electron chi connectivity index (χ2n) is 5.06. The lowest BCUT2D eigenvalue weighted by molar-refractivity contribution is -0.122. The molecule has 0 spiro atoms. The van der Waals surface area contributed by atoms with Gasteiger partial charge >= 0.3 is 0 Å². The van der Waals surface area contributed by atoms with Crippen LogP contribution < -0.4 is 20.3 Å². The quantitative estimate of drug-likeness (QED) is 0.881. The number of nitrogens with one attached hydrogen (secondary N) is 1. The Morgan fingerprint density at radius 1 is 1.22 bits per heavy atom. The van der Waals surface area contributed by atoms with Crippen molar-refractivity contribution in [1.29, 1.82) is 0 Å². The second kappa shape index (κ2) is 7.49. The van der Waals surface area contributed by atoms with Crippen LogP contribution in [0.4, 0.5) is 0 Å². The van der Waals surface area contributed by atoms with E-state index in [0.29, 0.717) is 11.5 Å². The van der Waals surface area contributed by atoms with Gasteiger partial charge < -0.3 is 19.4 Å². The summed E-state index contributed by atoms with van der Waals surface area (Å²) in [6.45, 7) is 1.83. The molecule has 1 aromatic heterocycles. The zero-order chi connectivity index (χ0) is 16.8. The highest BCUT2D eigenvalue weighted by atomic mass is 16.5. The average Bonchev–Trinajstić information content (AvgIpc) is 2.56. The Labute approximate surface area is 134 Å². The van der Waals surface area contributed by atoms with Crippen molar-refractivity contribution in [3.05, 3.63) is 58.5 Å².